The third kappa shape index (κ3) is 2.88. The topological polar surface area (TPSA) is 52.6 Å². The number of carbonyl (C=O) groups is 2. The summed E-state index contributed by atoms with van der Waals surface area (Å²) >= 11 is 0. The standard InChI is InChI=1S/C23H30O4/c1-13(24)18-12-19-15(11-21(18)26-4)5-6-17-16(19)9-10-23(3)20(17)7-8-22(23)27-14(2)25/h11-12,16-17,20,22H,5-10H2,1-4H3/t16-,17+,20+,22-,23+/m0/s1. The average Bonchev–Trinajstić information content (AvgIpc) is 2.96. The van der Waals surface area contributed by atoms with Crippen molar-refractivity contribution in [1.82, 2.24) is 0 Å². The van der Waals surface area contributed by atoms with Gasteiger partial charge in [-0.3, -0.25) is 9.59 Å². The van der Waals surface area contributed by atoms with Gasteiger partial charge in [-0.15, -0.1) is 0 Å². The van der Waals surface area contributed by atoms with Gasteiger partial charge in [0.1, 0.15) is 11.9 Å². The fourth-order valence-electron chi connectivity index (χ4n) is 6.39. The number of Topliss-reactive ketones (excluding diaryl/α,β-unsaturated/α-hetero) is 1. The van der Waals surface area contributed by atoms with Gasteiger partial charge in [0.2, 0.25) is 0 Å². The van der Waals surface area contributed by atoms with E-state index in [1.165, 1.54) is 24.5 Å². The van der Waals surface area contributed by atoms with E-state index in [9.17, 15) is 9.59 Å². The van der Waals surface area contributed by atoms with Crippen molar-refractivity contribution in [3.8, 4) is 5.75 Å². The van der Waals surface area contributed by atoms with Crippen LogP contribution in [-0.4, -0.2) is 25.0 Å². The lowest BCUT2D eigenvalue weighted by atomic mass is 9.55. The maximum absolute atomic E-state index is 12.1. The van der Waals surface area contributed by atoms with Gasteiger partial charge in [-0.25, -0.2) is 0 Å². The van der Waals surface area contributed by atoms with Gasteiger partial charge < -0.3 is 9.47 Å². The van der Waals surface area contributed by atoms with E-state index in [1.807, 2.05) is 0 Å². The van der Waals surface area contributed by atoms with Crippen LogP contribution >= 0.6 is 0 Å². The van der Waals surface area contributed by atoms with Crippen LogP contribution in [0.2, 0.25) is 0 Å². The second-order valence-electron chi connectivity index (χ2n) is 8.94. The highest BCUT2D eigenvalue weighted by Crippen LogP contribution is 2.61. The minimum absolute atomic E-state index is 0.0611. The van der Waals surface area contributed by atoms with E-state index in [2.05, 4.69) is 19.1 Å². The summed E-state index contributed by atoms with van der Waals surface area (Å²) in [5.74, 6) is 2.33. The maximum Gasteiger partial charge on any atom is 0.302 e. The summed E-state index contributed by atoms with van der Waals surface area (Å²) in [6.07, 6.45) is 6.58. The molecule has 5 atom stereocenters. The van der Waals surface area contributed by atoms with Crippen molar-refractivity contribution in [2.75, 3.05) is 7.11 Å². The fraction of sp³-hybridized carbons (Fsp3) is 0.652. The molecule has 0 aromatic heterocycles. The van der Waals surface area contributed by atoms with Gasteiger partial charge in [-0.1, -0.05) is 6.92 Å². The Hall–Kier alpha value is -1.84. The highest BCUT2D eigenvalue weighted by molar-refractivity contribution is 5.97. The third-order valence-electron chi connectivity index (χ3n) is 7.65. The summed E-state index contributed by atoms with van der Waals surface area (Å²) in [6.45, 7) is 5.47. The zero-order valence-corrected chi connectivity index (χ0v) is 16.8. The van der Waals surface area contributed by atoms with Crippen molar-refractivity contribution >= 4 is 11.8 Å². The zero-order chi connectivity index (χ0) is 19.3. The predicted octanol–water partition coefficient (Wildman–Crippen LogP) is 4.69. The molecule has 0 N–H and O–H groups in total. The lowest BCUT2D eigenvalue weighted by Gasteiger charge is -2.50. The molecule has 0 amide bonds. The monoisotopic (exact) mass is 370 g/mol. The number of rotatable bonds is 3. The number of ketones is 1. The number of methoxy groups -OCH3 is 1. The van der Waals surface area contributed by atoms with Crippen LogP contribution < -0.4 is 4.74 Å². The Kier molecular flexibility index (Phi) is 4.56. The first-order chi connectivity index (χ1) is 12.8. The second-order valence-corrected chi connectivity index (χ2v) is 8.94. The number of aryl methyl sites for hydroxylation is 1. The summed E-state index contributed by atoms with van der Waals surface area (Å²) in [5, 5.41) is 0. The number of carbonyl (C=O) groups excluding carboxylic acids is 2. The van der Waals surface area contributed by atoms with Crippen molar-refractivity contribution in [1.29, 1.82) is 0 Å². The Morgan fingerprint density at radius 1 is 1.11 bits per heavy atom. The van der Waals surface area contributed by atoms with Gasteiger partial charge in [0.25, 0.3) is 0 Å². The molecule has 0 radical (unpaired) electrons. The molecule has 0 unspecified atom stereocenters. The Labute approximate surface area is 161 Å². The summed E-state index contributed by atoms with van der Waals surface area (Å²) < 4.78 is 11.2. The molecule has 4 rings (SSSR count). The Balaban J connectivity index is 1.67. The lowest BCUT2D eigenvalue weighted by Crippen LogP contribution is -2.45. The Morgan fingerprint density at radius 2 is 1.89 bits per heavy atom. The van der Waals surface area contributed by atoms with E-state index >= 15 is 0 Å². The van der Waals surface area contributed by atoms with Gasteiger partial charge >= 0.3 is 5.97 Å². The van der Waals surface area contributed by atoms with E-state index in [4.69, 9.17) is 9.47 Å². The second kappa shape index (κ2) is 6.65. The molecular formula is C23H30O4. The number of benzene rings is 1. The van der Waals surface area contributed by atoms with Gasteiger partial charge in [-0.05, 0) is 86.5 Å². The lowest BCUT2D eigenvalue weighted by molar-refractivity contribution is -0.154. The van der Waals surface area contributed by atoms with Gasteiger partial charge in [0.05, 0.1) is 12.7 Å². The largest absolute Gasteiger partial charge is 0.496 e. The fourth-order valence-corrected chi connectivity index (χ4v) is 6.39. The number of ether oxygens (including phenoxy) is 2. The van der Waals surface area contributed by atoms with Crippen LogP contribution in [0.25, 0.3) is 0 Å². The quantitative estimate of drug-likeness (QED) is 0.572. The van der Waals surface area contributed by atoms with Crippen LogP contribution in [0.3, 0.4) is 0 Å². The maximum atomic E-state index is 12.1. The molecule has 2 saturated carbocycles. The molecule has 3 aliphatic rings. The van der Waals surface area contributed by atoms with Crippen molar-refractivity contribution in [2.24, 2.45) is 17.3 Å². The minimum Gasteiger partial charge on any atom is -0.496 e. The van der Waals surface area contributed by atoms with Crippen molar-refractivity contribution in [2.45, 2.75) is 71.3 Å². The van der Waals surface area contributed by atoms with Crippen LogP contribution in [0.4, 0.5) is 0 Å². The molecule has 0 saturated heterocycles. The molecule has 1 aromatic carbocycles. The molecule has 3 aliphatic carbocycles. The number of fused-ring (bicyclic) bond motifs is 5. The third-order valence-corrected chi connectivity index (χ3v) is 7.65. The van der Waals surface area contributed by atoms with Gasteiger partial charge in [0, 0.05) is 12.3 Å². The summed E-state index contributed by atoms with van der Waals surface area (Å²) in [5.41, 5.74) is 3.50. The highest BCUT2D eigenvalue weighted by atomic mass is 16.5. The van der Waals surface area contributed by atoms with Crippen molar-refractivity contribution in [3.63, 3.8) is 0 Å². The molecule has 4 nitrogen and oxygen atoms in total. The summed E-state index contributed by atoms with van der Waals surface area (Å²) in [4.78, 5) is 23.7. The number of esters is 1. The Morgan fingerprint density at radius 3 is 2.56 bits per heavy atom. The predicted molar refractivity (Wildman–Crippen MR) is 103 cm³/mol. The molecule has 27 heavy (non-hydrogen) atoms. The number of hydrogen-bond acceptors (Lipinski definition) is 4. The van der Waals surface area contributed by atoms with Gasteiger partial charge in [-0.2, -0.15) is 0 Å². The molecule has 0 spiro atoms. The minimum atomic E-state index is -0.156. The molecule has 0 aliphatic heterocycles. The number of hydrogen-bond donors (Lipinski definition) is 0. The van der Waals surface area contributed by atoms with E-state index in [0.29, 0.717) is 29.1 Å². The molecule has 2 fully saturated rings. The molecule has 4 heteroatoms. The van der Waals surface area contributed by atoms with Crippen LogP contribution in [0, 0.1) is 17.3 Å². The Bertz CT molecular complexity index is 783. The first-order valence-electron chi connectivity index (χ1n) is 10.2. The van der Waals surface area contributed by atoms with Crippen LogP contribution in [-0.2, 0) is 16.0 Å². The average molecular weight is 370 g/mol. The molecule has 0 bridgehead atoms. The first-order valence-corrected chi connectivity index (χ1v) is 10.2. The van der Waals surface area contributed by atoms with E-state index < -0.39 is 0 Å². The van der Waals surface area contributed by atoms with Crippen molar-refractivity contribution in [3.05, 3.63) is 28.8 Å². The van der Waals surface area contributed by atoms with Crippen LogP contribution in [0.1, 0.15) is 80.3 Å². The smallest absolute Gasteiger partial charge is 0.302 e. The normalized spacial score (nSPS) is 34.2. The summed E-state index contributed by atoms with van der Waals surface area (Å²) in [6, 6.07) is 4.20. The highest BCUT2D eigenvalue weighted by Gasteiger charge is 2.56. The van der Waals surface area contributed by atoms with Gasteiger partial charge in [0.15, 0.2) is 5.78 Å². The molecule has 1 aromatic rings. The summed E-state index contributed by atoms with van der Waals surface area (Å²) in [7, 11) is 1.64. The van der Waals surface area contributed by atoms with E-state index in [1.54, 1.807) is 14.0 Å². The zero-order valence-electron chi connectivity index (χ0n) is 16.8. The van der Waals surface area contributed by atoms with Crippen molar-refractivity contribution < 1.29 is 19.1 Å². The van der Waals surface area contributed by atoms with E-state index in [-0.39, 0.29) is 23.3 Å². The van der Waals surface area contributed by atoms with Crippen LogP contribution in [0.5, 0.6) is 5.75 Å². The molecule has 0 heterocycles. The molecule has 146 valence electrons. The van der Waals surface area contributed by atoms with E-state index in [0.717, 1.165) is 32.1 Å². The van der Waals surface area contributed by atoms with Crippen LogP contribution in [0.15, 0.2) is 12.1 Å². The first kappa shape index (κ1) is 18.5. The SMILES string of the molecule is COc1cc2c(cc1C(C)=O)[C@H]1CC[C@@]3(C)[C@@H](OC(C)=O)CC[C@@H]3[C@@H]1CC2. The molecular weight excluding hydrogens is 340 g/mol.